The fraction of sp³-hybridized carbons (Fsp3) is 0.250. The number of nitrogens with one attached hydrogen (secondary N) is 1. The third kappa shape index (κ3) is 3.13. The number of anilines is 1. The largest absolute Gasteiger partial charge is 0.495 e. The van der Waals surface area contributed by atoms with E-state index in [1.54, 1.807) is 13.2 Å². The molecule has 1 fully saturated rings. The number of H-pyrrole nitrogens is 1. The Hall–Kier alpha value is -3.74. The number of hydrogen-bond acceptors (Lipinski definition) is 4. The van der Waals surface area contributed by atoms with E-state index in [-0.39, 0.29) is 11.5 Å². The van der Waals surface area contributed by atoms with Crippen molar-refractivity contribution in [2.24, 2.45) is 7.05 Å². The summed E-state index contributed by atoms with van der Waals surface area (Å²) in [5.41, 5.74) is 2.95. The van der Waals surface area contributed by atoms with Crippen LogP contribution in [0.2, 0.25) is 0 Å². The minimum atomic E-state index is -0.177. The third-order valence-electron chi connectivity index (χ3n) is 6.12. The monoisotopic (exact) mass is 416 g/mol. The lowest BCUT2D eigenvalue weighted by atomic mass is 10.1. The zero-order valence-corrected chi connectivity index (χ0v) is 17.6. The van der Waals surface area contributed by atoms with E-state index < -0.39 is 0 Å². The van der Waals surface area contributed by atoms with Crippen LogP contribution in [0.1, 0.15) is 10.5 Å². The average Bonchev–Trinajstić information content (AvgIpc) is 3.17. The number of amides is 1. The van der Waals surface area contributed by atoms with E-state index in [0.717, 1.165) is 40.9 Å². The lowest BCUT2D eigenvalue weighted by molar-refractivity contribution is 0.0737. The van der Waals surface area contributed by atoms with Crippen LogP contribution >= 0.6 is 0 Å². The molecule has 2 aromatic heterocycles. The zero-order valence-electron chi connectivity index (χ0n) is 17.6. The molecule has 1 aliphatic rings. The number of benzene rings is 2. The summed E-state index contributed by atoms with van der Waals surface area (Å²) in [6.45, 7) is 2.66. The molecule has 7 heteroatoms. The molecule has 5 rings (SSSR count). The molecule has 0 saturated carbocycles. The summed E-state index contributed by atoms with van der Waals surface area (Å²) in [5.74, 6) is 0.781. The summed E-state index contributed by atoms with van der Waals surface area (Å²) < 4.78 is 7.33. The first-order valence-electron chi connectivity index (χ1n) is 10.4. The fourth-order valence-electron chi connectivity index (χ4n) is 4.50. The van der Waals surface area contributed by atoms with Crippen molar-refractivity contribution in [3.8, 4) is 5.75 Å². The number of fused-ring (bicyclic) bond motifs is 3. The number of aromatic nitrogens is 2. The van der Waals surface area contributed by atoms with E-state index in [1.165, 1.54) is 0 Å². The van der Waals surface area contributed by atoms with Gasteiger partial charge in [0, 0.05) is 38.6 Å². The van der Waals surface area contributed by atoms with Crippen LogP contribution in [0.25, 0.3) is 21.8 Å². The van der Waals surface area contributed by atoms with E-state index >= 15 is 0 Å². The van der Waals surface area contributed by atoms with Gasteiger partial charge >= 0.3 is 0 Å². The second-order valence-electron chi connectivity index (χ2n) is 7.80. The van der Waals surface area contributed by atoms with Crippen molar-refractivity contribution in [3.05, 3.63) is 70.6 Å². The lowest BCUT2D eigenvalue weighted by Crippen LogP contribution is -2.49. The van der Waals surface area contributed by atoms with E-state index in [0.29, 0.717) is 24.2 Å². The van der Waals surface area contributed by atoms with Gasteiger partial charge in [-0.3, -0.25) is 9.59 Å². The SMILES string of the molecule is COc1ccccc1N1CCN(C(=O)c2cc3c(=O)[nH]c4ccccc4c3n2C)CC1. The fourth-order valence-corrected chi connectivity index (χ4v) is 4.50. The molecule has 7 nitrogen and oxygen atoms in total. The van der Waals surface area contributed by atoms with E-state index in [2.05, 4.69) is 9.88 Å². The minimum Gasteiger partial charge on any atom is -0.495 e. The van der Waals surface area contributed by atoms with Gasteiger partial charge in [-0.1, -0.05) is 30.3 Å². The Kier molecular flexibility index (Phi) is 4.66. The maximum Gasteiger partial charge on any atom is 0.270 e. The summed E-state index contributed by atoms with van der Waals surface area (Å²) in [6.07, 6.45) is 0. The van der Waals surface area contributed by atoms with Crippen molar-refractivity contribution in [2.75, 3.05) is 38.2 Å². The molecule has 0 unspecified atom stereocenters. The standard InChI is InChI=1S/C24H24N4O3/c1-26-20(15-17-22(26)16-7-3-4-8-18(16)25-23(17)29)24(30)28-13-11-27(12-14-28)19-9-5-6-10-21(19)31-2/h3-10,15H,11-14H2,1-2H3,(H,25,29). The van der Waals surface area contributed by atoms with Gasteiger partial charge in [0.1, 0.15) is 11.4 Å². The quantitative estimate of drug-likeness (QED) is 0.557. The number of pyridine rings is 1. The van der Waals surface area contributed by atoms with Crippen LogP contribution in [0.15, 0.2) is 59.4 Å². The van der Waals surface area contributed by atoms with Crippen LogP contribution in [0.4, 0.5) is 5.69 Å². The molecule has 0 aliphatic carbocycles. The molecule has 0 radical (unpaired) electrons. The second kappa shape index (κ2) is 7.50. The molecule has 1 amide bonds. The second-order valence-corrected chi connectivity index (χ2v) is 7.80. The van der Waals surface area contributed by atoms with Gasteiger partial charge in [0.05, 0.1) is 29.2 Å². The van der Waals surface area contributed by atoms with Gasteiger partial charge in [0.25, 0.3) is 11.5 Å². The number of ether oxygens (including phenoxy) is 1. The van der Waals surface area contributed by atoms with Crippen molar-refractivity contribution in [2.45, 2.75) is 0 Å². The number of aromatic amines is 1. The smallest absolute Gasteiger partial charge is 0.270 e. The number of nitrogens with zero attached hydrogens (tertiary/aromatic N) is 3. The van der Waals surface area contributed by atoms with Crippen LogP contribution in [-0.2, 0) is 7.05 Å². The first-order chi connectivity index (χ1) is 15.1. The highest BCUT2D eigenvalue weighted by atomic mass is 16.5. The van der Waals surface area contributed by atoms with Crippen molar-refractivity contribution in [3.63, 3.8) is 0 Å². The van der Waals surface area contributed by atoms with Crippen molar-refractivity contribution in [1.29, 1.82) is 0 Å². The summed E-state index contributed by atoms with van der Waals surface area (Å²) in [5, 5.41) is 1.47. The van der Waals surface area contributed by atoms with Crippen LogP contribution in [-0.4, -0.2) is 53.6 Å². The Morgan fingerprint density at radius 1 is 0.968 bits per heavy atom. The maximum absolute atomic E-state index is 13.4. The molecule has 4 aromatic rings. The topological polar surface area (TPSA) is 70.6 Å². The van der Waals surface area contributed by atoms with Gasteiger partial charge in [-0.15, -0.1) is 0 Å². The van der Waals surface area contributed by atoms with Crippen LogP contribution < -0.4 is 15.2 Å². The molecular formula is C24H24N4O3. The predicted octanol–water partition coefficient (Wildman–Crippen LogP) is 2.99. The first-order valence-corrected chi connectivity index (χ1v) is 10.4. The number of methoxy groups -OCH3 is 1. The molecule has 1 saturated heterocycles. The Bertz CT molecular complexity index is 1350. The number of rotatable bonds is 3. The number of hydrogen-bond donors (Lipinski definition) is 1. The number of aryl methyl sites for hydroxylation is 1. The van der Waals surface area contributed by atoms with Crippen LogP contribution in [0.5, 0.6) is 5.75 Å². The molecule has 1 aliphatic heterocycles. The van der Waals surface area contributed by atoms with Crippen molar-refractivity contribution in [1.82, 2.24) is 14.5 Å². The highest BCUT2D eigenvalue weighted by Crippen LogP contribution is 2.29. The van der Waals surface area contributed by atoms with Gasteiger partial charge in [-0.05, 0) is 24.3 Å². The molecular weight excluding hydrogens is 392 g/mol. The molecule has 31 heavy (non-hydrogen) atoms. The number of para-hydroxylation sites is 3. The van der Waals surface area contributed by atoms with Crippen molar-refractivity contribution >= 4 is 33.4 Å². The normalized spacial score (nSPS) is 14.4. The summed E-state index contributed by atoms with van der Waals surface area (Å²) in [7, 11) is 3.52. The lowest BCUT2D eigenvalue weighted by Gasteiger charge is -2.36. The average molecular weight is 416 g/mol. The summed E-state index contributed by atoms with van der Waals surface area (Å²) in [4.78, 5) is 33.0. The molecule has 2 aromatic carbocycles. The van der Waals surface area contributed by atoms with E-state index in [9.17, 15) is 9.59 Å². The van der Waals surface area contributed by atoms with Gasteiger partial charge < -0.3 is 24.1 Å². The highest BCUT2D eigenvalue weighted by molar-refractivity contribution is 6.07. The highest BCUT2D eigenvalue weighted by Gasteiger charge is 2.26. The number of carbonyl (C=O) groups is 1. The first kappa shape index (κ1) is 19.2. The molecule has 1 N–H and O–H groups in total. The maximum atomic E-state index is 13.4. The third-order valence-corrected chi connectivity index (χ3v) is 6.12. The van der Waals surface area contributed by atoms with Crippen LogP contribution in [0, 0.1) is 0 Å². The summed E-state index contributed by atoms with van der Waals surface area (Å²) >= 11 is 0. The van der Waals surface area contributed by atoms with Crippen LogP contribution in [0.3, 0.4) is 0 Å². The minimum absolute atomic E-state index is 0.0538. The molecule has 3 heterocycles. The zero-order chi connectivity index (χ0) is 21.5. The number of carbonyl (C=O) groups excluding carboxylic acids is 1. The Morgan fingerprint density at radius 2 is 1.68 bits per heavy atom. The number of piperazine rings is 1. The molecule has 0 atom stereocenters. The van der Waals surface area contributed by atoms with Gasteiger partial charge in [0.15, 0.2) is 0 Å². The van der Waals surface area contributed by atoms with E-state index in [4.69, 9.17) is 4.74 Å². The van der Waals surface area contributed by atoms with Gasteiger partial charge in [0.2, 0.25) is 0 Å². The molecule has 158 valence electrons. The predicted molar refractivity (Wildman–Crippen MR) is 122 cm³/mol. The Morgan fingerprint density at radius 3 is 2.45 bits per heavy atom. The molecule has 0 spiro atoms. The Labute approximate surface area is 179 Å². The summed E-state index contributed by atoms with van der Waals surface area (Å²) in [6, 6.07) is 17.3. The van der Waals surface area contributed by atoms with Gasteiger partial charge in [-0.2, -0.15) is 0 Å². The van der Waals surface area contributed by atoms with Gasteiger partial charge in [-0.25, -0.2) is 0 Å². The van der Waals surface area contributed by atoms with E-state index in [1.807, 2.05) is 65.0 Å². The Balaban J connectivity index is 1.44. The van der Waals surface area contributed by atoms with Crippen molar-refractivity contribution < 1.29 is 9.53 Å². The molecule has 0 bridgehead atoms.